The second-order valence-electron chi connectivity index (χ2n) is 1.52. The van der Waals surface area contributed by atoms with Gasteiger partial charge < -0.3 is 0 Å². The van der Waals surface area contributed by atoms with E-state index in [0.29, 0.717) is 0 Å². The number of hydrogen-bond donors (Lipinski definition) is 0. The van der Waals surface area contributed by atoms with Crippen LogP contribution in [0.15, 0.2) is 24.5 Å². The van der Waals surface area contributed by atoms with Gasteiger partial charge in [-0.1, -0.05) is 0 Å². The number of hydrogen-bond acceptors (Lipinski definition) is 1. The second kappa shape index (κ2) is 3.79. The van der Waals surface area contributed by atoms with Crippen molar-refractivity contribution in [2.45, 2.75) is 6.92 Å². The molecule has 0 radical (unpaired) electrons. The van der Waals surface area contributed by atoms with E-state index < -0.39 is 0 Å². The van der Waals surface area contributed by atoms with E-state index in [4.69, 9.17) is 0 Å². The molecule has 0 spiro atoms. The van der Waals surface area contributed by atoms with Crippen molar-refractivity contribution in [3.63, 3.8) is 0 Å². The average Bonchev–Trinajstić information content (AvgIpc) is 1.69. The maximum absolute atomic E-state index is 3.85. The van der Waals surface area contributed by atoms with Gasteiger partial charge in [-0.15, -0.1) is 0 Å². The molecule has 0 N–H and O–H groups in total. The topological polar surface area (TPSA) is 12.9 Å². The minimum absolute atomic E-state index is 0. The summed E-state index contributed by atoms with van der Waals surface area (Å²) < 4.78 is 0. The molecule has 1 heterocycles. The molecule has 0 aliphatic carbocycles. The molecule has 1 aromatic rings. The molecule has 0 aliphatic rings. The second-order valence-corrected chi connectivity index (χ2v) is 1.52. The van der Waals surface area contributed by atoms with Crippen molar-refractivity contribution in [2.75, 3.05) is 0 Å². The molecule has 0 unspecified atom stereocenters. The average molecular weight is 277 g/mol. The molecule has 0 bridgehead atoms. The van der Waals surface area contributed by atoms with Crippen molar-refractivity contribution in [3.05, 3.63) is 30.1 Å². The van der Waals surface area contributed by atoms with Gasteiger partial charge in [0.05, 0.1) is 0 Å². The largest absolute Gasteiger partial charge is 0.265 e. The van der Waals surface area contributed by atoms with Crippen LogP contribution in [0.2, 0.25) is 0 Å². The van der Waals surface area contributed by atoms with Gasteiger partial charge >= 0.3 is 0 Å². The molecule has 0 amide bonds. The number of aryl methyl sites for hydroxylation is 1. The molecular formula is C6H7NW. The van der Waals surface area contributed by atoms with Gasteiger partial charge in [-0.3, -0.25) is 4.98 Å². The summed E-state index contributed by atoms with van der Waals surface area (Å²) in [6, 6.07) is 3.94. The summed E-state index contributed by atoms with van der Waals surface area (Å²) in [5.41, 5.74) is 1.26. The van der Waals surface area contributed by atoms with Crippen molar-refractivity contribution in [1.82, 2.24) is 4.98 Å². The summed E-state index contributed by atoms with van der Waals surface area (Å²) in [5, 5.41) is 0. The van der Waals surface area contributed by atoms with Gasteiger partial charge in [-0.2, -0.15) is 0 Å². The van der Waals surface area contributed by atoms with E-state index in [9.17, 15) is 0 Å². The van der Waals surface area contributed by atoms with Crippen LogP contribution >= 0.6 is 0 Å². The Morgan fingerprint density at radius 1 is 1.25 bits per heavy atom. The van der Waals surface area contributed by atoms with Crippen molar-refractivity contribution >= 4 is 0 Å². The van der Waals surface area contributed by atoms with E-state index in [1.165, 1.54) is 5.56 Å². The molecule has 0 aliphatic heterocycles. The third-order valence-electron chi connectivity index (χ3n) is 0.847. The summed E-state index contributed by atoms with van der Waals surface area (Å²) in [7, 11) is 0. The van der Waals surface area contributed by atoms with Crippen LogP contribution in [0, 0.1) is 6.92 Å². The van der Waals surface area contributed by atoms with Crippen LogP contribution < -0.4 is 0 Å². The Hall–Kier alpha value is -0.162. The van der Waals surface area contributed by atoms with Crippen LogP contribution in [0.4, 0.5) is 0 Å². The Morgan fingerprint density at radius 3 is 2.00 bits per heavy atom. The predicted octanol–water partition coefficient (Wildman–Crippen LogP) is 1.39. The standard InChI is InChI=1S/C6H7N.W/c1-6-2-4-7-5-3-6;/h2-5H,1H3;. The summed E-state index contributed by atoms with van der Waals surface area (Å²) in [6.07, 6.45) is 3.57. The molecule has 0 fully saturated rings. The van der Waals surface area contributed by atoms with Gasteiger partial charge in [0.15, 0.2) is 0 Å². The summed E-state index contributed by atoms with van der Waals surface area (Å²) >= 11 is 0. The van der Waals surface area contributed by atoms with E-state index >= 15 is 0 Å². The molecular weight excluding hydrogens is 270 g/mol. The molecule has 0 atom stereocenters. The quantitative estimate of drug-likeness (QED) is 0.698. The zero-order valence-electron chi connectivity index (χ0n) is 4.66. The van der Waals surface area contributed by atoms with Crippen LogP contribution in [0.1, 0.15) is 5.56 Å². The number of pyridine rings is 1. The Kier molecular flexibility index (Phi) is 3.72. The monoisotopic (exact) mass is 277 g/mol. The zero-order valence-corrected chi connectivity index (χ0v) is 7.60. The Morgan fingerprint density at radius 2 is 1.75 bits per heavy atom. The summed E-state index contributed by atoms with van der Waals surface area (Å²) in [6.45, 7) is 2.04. The van der Waals surface area contributed by atoms with Crippen LogP contribution in [0.25, 0.3) is 0 Å². The third kappa shape index (κ3) is 2.22. The fourth-order valence-corrected chi connectivity index (χ4v) is 0.426. The molecule has 1 rings (SSSR count). The van der Waals surface area contributed by atoms with Gasteiger partial charge in [-0.05, 0) is 24.6 Å². The van der Waals surface area contributed by atoms with Crippen molar-refractivity contribution in [3.8, 4) is 0 Å². The van der Waals surface area contributed by atoms with Gasteiger partial charge in [0.2, 0.25) is 0 Å². The van der Waals surface area contributed by atoms with E-state index in [1.807, 2.05) is 19.1 Å². The SMILES string of the molecule is Cc1ccncc1.[W]. The predicted molar refractivity (Wildman–Crippen MR) is 29.0 cm³/mol. The molecule has 0 saturated carbocycles. The molecule has 1 aromatic heterocycles. The van der Waals surface area contributed by atoms with E-state index in [-0.39, 0.29) is 21.1 Å². The van der Waals surface area contributed by atoms with Gasteiger partial charge in [0.1, 0.15) is 0 Å². The summed E-state index contributed by atoms with van der Waals surface area (Å²) in [5.74, 6) is 0. The van der Waals surface area contributed by atoms with E-state index in [0.717, 1.165) is 0 Å². The Bertz CT molecular complexity index is 138. The first-order valence-corrected chi connectivity index (χ1v) is 2.26. The minimum Gasteiger partial charge on any atom is -0.265 e. The molecule has 0 aromatic carbocycles. The third-order valence-corrected chi connectivity index (χ3v) is 0.847. The molecule has 42 valence electrons. The van der Waals surface area contributed by atoms with Crippen molar-refractivity contribution in [1.29, 1.82) is 0 Å². The van der Waals surface area contributed by atoms with Crippen molar-refractivity contribution in [2.24, 2.45) is 0 Å². The maximum atomic E-state index is 3.85. The van der Waals surface area contributed by atoms with E-state index in [1.54, 1.807) is 12.4 Å². The van der Waals surface area contributed by atoms with E-state index in [2.05, 4.69) is 4.98 Å². The fourth-order valence-electron chi connectivity index (χ4n) is 0.426. The Balaban J connectivity index is 0.000000490. The number of aromatic nitrogens is 1. The first-order chi connectivity index (χ1) is 3.39. The number of rotatable bonds is 0. The smallest absolute Gasteiger partial charge is 0.0270 e. The van der Waals surface area contributed by atoms with Crippen LogP contribution in [0.3, 0.4) is 0 Å². The molecule has 1 nitrogen and oxygen atoms in total. The van der Waals surface area contributed by atoms with Gasteiger partial charge in [0.25, 0.3) is 0 Å². The Labute approximate surface area is 63.4 Å². The summed E-state index contributed by atoms with van der Waals surface area (Å²) in [4.78, 5) is 3.85. The normalized spacial score (nSPS) is 7.62. The van der Waals surface area contributed by atoms with Gasteiger partial charge in [0, 0.05) is 33.5 Å². The van der Waals surface area contributed by atoms with Crippen LogP contribution in [0.5, 0.6) is 0 Å². The molecule has 2 heteroatoms. The van der Waals surface area contributed by atoms with Crippen LogP contribution in [-0.4, -0.2) is 4.98 Å². The zero-order chi connectivity index (χ0) is 5.11. The van der Waals surface area contributed by atoms with Gasteiger partial charge in [-0.25, -0.2) is 0 Å². The first kappa shape index (κ1) is 7.84. The first-order valence-electron chi connectivity index (χ1n) is 2.26. The molecule has 8 heavy (non-hydrogen) atoms. The maximum Gasteiger partial charge on any atom is 0.0270 e. The van der Waals surface area contributed by atoms with Crippen molar-refractivity contribution < 1.29 is 21.1 Å². The molecule has 0 saturated heterocycles. The fraction of sp³-hybridized carbons (Fsp3) is 0.167. The number of nitrogens with zero attached hydrogens (tertiary/aromatic N) is 1. The minimum atomic E-state index is 0. The van der Waals surface area contributed by atoms with Crippen LogP contribution in [-0.2, 0) is 21.1 Å².